The summed E-state index contributed by atoms with van der Waals surface area (Å²) in [7, 11) is 0. The third-order valence-corrected chi connectivity index (χ3v) is 4.79. The lowest BCUT2D eigenvalue weighted by atomic mass is 10.0. The Morgan fingerprint density at radius 1 is 1.20 bits per heavy atom. The third-order valence-electron chi connectivity index (χ3n) is 3.05. The number of halogens is 3. The molecule has 20 heavy (non-hydrogen) atoms. The van der Waals surface area contributed by atoms with E-state index in [0.717, 1.165) is 21.6 Å². The first-order valence-electron chi connectivity index (χ1n) is 6.53. The maximum atomic E-state index is 13.8. The van der Waals surface area contributed by atoms with E-state index in [-0.39, 0.29) is 11.6 Å². The molecule has 108 valence electrons. The van der Waals surface area contributed by atoms with Crippen molar-refractivity contribution in [2.24, 2.45) is 0 Å². The minimum atomic E-state index is -0.482. The zero-order valence-corrected chi connectivity index (χ0v) is 13.5. The molecule has 1 unspecified atom stereocenters. The van der Waals surface area contributed by atoms with Crippen molar-refractivity contribution in [1.82, 2.24) is 5.32 Å². The van der Waals surface area contributed by atoms with Crippen LogP contribution >= 0.6 is 27.3 Å². The Morgan fingerprint density at radius 3 is 2.45 bits per heavy atom. The molecule has 2 rings (SSSR count). The Labute approximate surface area is 130 Å². The highest BCUT2D eigenvalue weighted by atomic mass is 79.9. The number of hydrogen-bond acceptors (Lipinski definition) is 2. The third kappa shape index (κ3) is 3.87. The van der Waals surface area contributed by atoms with Crippen molar-refractivity contribution >= 4 is 27.3 Å². The van der Waals surface area contributed by atoms with Gasteiger partial charge in [-0.25, -0.2) is 8.78 Å². The number of thiophene rings is 1. The summed E-state index contributed by atoms with van der Waals surface area (Å²) in [4.78, 5) is 1.08. The van der Waals surface area contributed by atoms with Crippen molar-refractivity contribution in [2.45, 2.75) is 25.8 Å². The van der Waals surface area contributed by atoms with Gasteiger partial charge in [-0.1, -0.05) is 13.0 Å². The lowest BCUT2D eigenvalue weighted by Gasteiger charge is -2.18. The van der Waals surface area contributed by atoms with Gasteiger partial charge in [-0.3, -0.25) is 0 Å². The largest absolute Gasteiger partial charge is 0.309 e. The van der Waals surface area contributed by atoms with Gasteiger partial charge in [0, 0.05) is 16.5 Å². The molecule has 0 aliphatic heterocycles. The van der Waals surface area contributed by atoms with Crippen molar-refractivity contribution in [3.8, 4) is 0 Å². The van der Waals surface area contributed by atoms with Crippen LogP contribution in [0.2, 0.25) is 0 Å². The van der Waals surface area contributed by atoms with Crippen LogP contribution in [0.5, 0.6) is 0 Å². The van der Waals surface area contributed by atoms with Gasteiger partial charge < -0.3 is 5.32 Å². The van der Waals surface area contributed by atoms with E-state index in [4.69, 9.17) is 0 Å². The van der Waals surface area contributed by atoms with Gasteiger partial charge in [0.1, 0.15) is 11.6 Å². The van der Waals surface area contributed by atoms with Crippen LogP contribution in [0.15, 0.2) is 34.1 Å². The average molecular weight is 360 g/mol. The summed E-state index contributed by atoms with van der Waals surface area (Å²) in [5.41, 5.74) is 0.144. The molecule has 1 atom stereocenters. The lowest BCUT2D eigenvalue weighted by Crippen LogP contribution is -2.24. The molecule has 0 aliphatic carbocycles. The summed E-state index contributed by atoms with van der Waals surface area (Å²) in [6.07, 6.45) is 1.29. The zero-order chi connectivity index (χ0) is 14.5. The van der Waals surface area contributed by atoms with Crippen LogP contribution in [0.3, 0.4) is 0 Å². The summed E-state index contributed by atoms with van der Waals surface area (Å²) in [6.45, 7) is 2.88. The van der Waals surface area contributed by atoms with E-state index in [0.29, 0.717) is 6.42 Å². The molecule has 5 heteroatoms. The van der Waals surface area contributed by atoms with Gasteiger partial charge >= 0.3 is 0 Å². The SMILES string of the molecule is CCCNC(Cc1c(F)cccc1F)c1ccc(Br)s1. The van der Waals surface area contributed by atoms with Gasteiger partial charge in [-0.15, -0.1) is 11.3 Å². The molecule has 1 heterocycles. The maximum Gasteiger partial charge on any atom is 0.129 e. The summed E-state index contributed by atoms with van der Waals surface area (Å²) in [5, 5.41) is 3.36. The highest BCUT2D eigenvalue weighted by Gasteiger charge is 2.18. The predicted octanol–water partition coefficient (Wildman–Crippen LogP) is 5.07. The molecular weight excluding hydrogens is 344 g/mol. The monoisotopic (exact) mass is 359 g/mol. The topological polar surface area (TPSA) is 12.0 Å². The highest BCUT2D eigenvalue weighted by Crippen LogP contribution is 2.30. The highest BCUT2D eigenvalue weighted by molar-refractivity contribution is 9.11. The predicted molar refractivity (Wildman–Crippen MR) is 83.1 cm³/mol. The molecule has 1 nitrogen and oxygen atoms in total. The molecule has 0 aliphatic rings. The Morgan fingerprint density at radius 2 is 1.90 bits per heavy atom. The van der Waals surface area contributed by atoms with Crippen molar-refractivity contribution in [3.63, 3.8) is 0 Å². The summed E-state index contributed by atoms with van der Waals surface area (Å²) < 4.78 is 28.6. The smallest absolute Gasteiger partial charge is 0.129 e. The molecule has 1 aromatic carbocycles. The van der Waals surface area contributed by atoms with Crippen LogP contribution in [0.25, 0.3) is 0 Å². The Balaban J connectivity index is 2.23. The first kappa shape index (κ1) is 15.6. The van der Waals surface area contributed by atoms with E-state index in [1.54, 1.807) is 11.3 Å². The number of benzene rings is 1. The number of hydrogen-bond donors (Lipinski definition) is 1. The Hall–Kier alpha value is -0.780. The average Bonchev–Trinajstić information content (AvgIpc) is 2.84. The van der Waals surface area contributed by atoms with Crippen molar-refractivity contribution in [2.75, 3.05) is 6.54 Å². The fraction of sp³-hybridized carbons (Fsp3) is 0.333. The molecule has 1 N–H and O–H groups in total. The second kappa shape index (κ2) is 7.29. The van der Waals surface area contributed by atoms with E-state index >= 15 is 0 Å². The first-order valence-corrected chi connectivity index (χ1v) is 8.14. The lowest BCUT2D eigenvalue weighted by molar-refractivity contribution is 0.494. The van der Waals surface area contributed by atoms with Gasteiger partial charge in [0.05, 0.1) is 3.79 Å². The van der Waals surface area contributed by atoms with E-state index in [1.807, 2.05) is 12.1 Å². The quantitative estimate of drug-likeness (QED) is 0.758. The molecule has 2 aromatic rings. The molecule has 0 saturated heterocycles. The summed E-state index contributed by atoms with van der Waals surface area (Å²) in [5.74, 6) is -0.965. The molecule has 0 bridgehead atoms. The van der Waals surface area contributed by atoms with E-state index in [1.165, 1.54) is 18.2 Å². The van der Waals surface area contributed by atoms with Crippen molar-refractivity contribution in [1.29, 1.82) is 0 Å². The standard InChI is InChI=1S/C15H16BrF2NS/c1-2-8-19-13(14-6-7-15(16)20-14)9-10-11(17)4-3-5-12(10)18/h3-7,13,19H,2,8-9H2,1H3. The molecule has 0 saturated carbocycles. The van der Waals surface area contributed by atoms with E-state index in [2.05, 4.69) is 28.2 Å². The molecule has 0 fully saturated rings. The second-order valence-electron chi connectivity index (χ2n) is 4.55. The molecule has 0 radical (unpaired) electrons. The van der Waals surface area contributed by atoms with E-state index in [9.17, 15) is 8.78 Å². The molecule has 0 amide bonds. The summed E-state index contributed by atoms with van der Waals surface area (Å²) >= 11 is 5.01. The first-order chi connectivity index (χ1) is 9.61. The van der Waals surface area contributed by atoms with Crippen LogP contribution in [0, 0.1) is 11.6 Å². The van der Waals surface area contributed by atoms with E-state index < -0.39 is 11.6 Å². The minimum Gasteiger partial charge on any atom is -0.309 e. The molecule has 1 aromatic heterocycles. The zero-order valence-electron chi connectivity index (χ0n) is 11.1. The maximum absolute atomic E-state index is 13.8. The minimum absolute atomic E-state index is 0.0716. The number of nitrogens with one attached hydrogen (secondary N) is 1. The van der Waals surface area contributed by atoms with Gasteiger partial charge in [-0.05, 0) is 59.6 Å². The van der Waals surface area contributed by atoms with Crippen molar-refractivity contribution < 1.29 is 8.78 Å². The normalized spacial score (nSPS) is 12.6. The van der Waals surface area contributed by atoms with Gasteiger partial charge in [0.2, 0.25) is 0 Å². The molecule has 0 spiro atoms. The Kier molecular flexibility index (Phi) is 5.69. The van der Waals surface area contributed by atoms with Crippen LogP contribution in [-0.4, -0.2) is 6.54 Å². The fourth-order valence-corrected chi connectivity index (χ4v) is 3.54. The molecular formula is C15H16BrF2NS. The van der Waals surface area contributed by atoms with Gasteiger partial charge in [0.15, 0.2) is 0 Å². The van der Waals surface area contributed by atoms with Crippen LogP contribution in [-0.2, 0) is 6.42 Å². The number of rotatable bonds is 6. The van der Waals surface area contributed by atoms with Crippen molar-refractivity contribution in [3.05, 3.63) is 56.2 Å². The van der Waals surface area contributed by atoms with Gasteiger partial charge in [0.25, 0.3) is 0 Å². The second-order valence-corrected chi connectivity index (χ2v) is 7.05. The Bertz CT molecular complexity index is 551. The van der Waals surface area contributed by atoms with Crippen LogP contribution in [0.4, 0.5) is 8.78 Å². The van der Waals surface area contributed by atoms with Crippen LogP contribution < -0.4 is 5.32 Å². The summed E-state index contributed by atoms with van der Waals surface area (Å²) in [6, 6.07) is 7.88. The fourth-order valence-electron chi connectivity index (χ4n) is 2.04. The van der Waals surface area contributed by atoms with Crippen LogP contribution in [0.1, 0.15) is 29.8 Å². The van der Waals surface area contributed by atoms with Gasteiger partial charge in [-0.2, -0.15) is 0 Å².